The molecule has 0 aliphatic carbocycles. The highest BCUT2D eigenvalue weighted by Crippen LogP contribution is 2.35. The predicted molar refractivity (Wildman–Crippen MR) is 97.5 cm³/mol. The van der Waals surface area contributed by atoms with Gasteiger partial charge in [0.15, 0.2) is 0 Å². The van der Waals surface area contributed by atoms with Gasteiger partial charge in [-0.05, 0) is 36.4 Å². The van der Waals surface area contributed by atoms with Crippen molar-refractivity contribution in [3.63, 3.8) is 0 Å². The topological polar surface area (TPSA) is 92.5 Å². The number of anilines is 1. The summed E-state index contributed by atoms with van der Waals surface area (Å²) in [7, 11) is -4.06. The van der Waals surface area contributed by atoms with Crippen LogP contribution < -0.4 is 15.6 Å². The summed E-state index contributed by atoms with van der Waals surface area (Å²) in [6, 6.07) is 10.5. The van der Waals surface area contributed by atoms with Gasteiger partial charge < -0.3 is 0 Å². The van der Waals surface area contributed by atoms with E-state index < -0.39 is 22.5 Å². The fourth-order valence-corrected chi connectivity index (χ4v) is 4.04. The van der Waals surface area contributed by atoms with Crippen LogP contribution in [0.2, 0.25) is 10.0 Å². The molecule has 2 aromatic carbocycles. The molecule has 0 radical (unpaired) electrons. The maximum absolute atomic E-state index is 12.9. The molecule has 0 saturated heterocycles. The first-order valence-electron chi connectivity index (χ1n) is 6.49. The van der Waals surface area contributed by atoms with Crippen LogP contribution >= 0.6 is 39.1 Å². The number of carbonyl (C=O) groups is 1. The Balaban J connectivity index is 2.59. The van der Waals surface area contributed by atoms with Crippen LogP contribution in [0.5, 0.6) is 0 Å². The number of halogens is 3. The number of nitrogens with zero attached hydrogens (tertiary/aromatic N) is 1. The minimum Gasteiger partial charge on any atom is -0.293 e. The number of carbonyl (C=O) groups excluding carboxylic acids is 1. The summed E-state index contributed by atoms with van der Waals surface area (Å²) in [5.41, 5.74) is 1.98. The van der Waals surface area contributed by atoms with Crippen molar-refractivity contribution in [1.82, 2.24) is 5.43 Å². The number of amides is 1. The summed E-state index contributed by atoms with van der Waals surface area (Å²) in [5, 5.41) is 0.183. The molecule has 0 bridgehead atoms. The van der Waals surface area contributed by atoms with E-state index in [1.165, 1.54) is 30.3 Å². The molecular weight excluding hydrogens is 441 g/mol. The number of rotatable bonds is 5. The van der Waals surface area contributed by atoms with Gasteiger partial charge in [0.2, 0.25) is 0 Å². The molecule has 2 rings (SSSR count). The van der Waals surface area contributed by atoms with Crippen LogP contribution in [0.4, 0.5) is 5.69 Å². The Labute approximate surface area is 157 Å². The molecule has 1 amide bonds. The molecule has 0 unspecified atom stereocenters. The smallest absolute Gasteiger partial charge is 0.264 e. The SMILES string of the molecule is NNC(=O)CN(c1cccc(Cl)c1Cl)S(=O)(=O)c1ccc(Br)cc1. The quantitative estimate of drug-likeness (QED) is 0.414. The average Bonchev–Trinajstić information content (AvgIpc) is 2.55. The molecule has 128 valence electrons. The summed E-state index contributed by atoms with van der Waals surface area (Å²) in [5.74, 6) is 4.38. The fourth-order valence-electron chi connectivity index (χ4n) is 1.89. The minimum absolute atomic E-state index is 0.00781. The lowest BCUT2D eigenvalue weighted by Gasteiger charge is -2.25. The first-order chi connectivity index (χ1) is 11.3. The molecule has 0 saturated carbocycles. The van der Waals surface area contributed by atoms with E-state index in [4.69, 9.17) is 29.0 Å². The van der Waals surface area contributed by atoms with Crippen molar-refractivity contribution in [3.05, 3.63) is 57.0 Å². The zero-order valence-corrected chi connectivity index (χ0v) is 16.0. The number of hydrogen-bond donors (Lipinski definition) is 2. The van der Waals surface area contributed by atoms with Gasteiger partial charge in [-0.2, -0.15) is 0 Å². The van der Waals surface area contributed by atoms with Crippen molar-refractivity contribution >= 4 is 60.7 Å². The van der Waals surface area contributed by atoms with Gasteiger partial charge in [0.25, 0.3) is 15.9 Å². The van der Waals surface area contributed by atoms with Crippen molar-refractivity contribution in [2.45, 2.75) is 4.90 Å². The lowest BCUT2D eigenvalue weighted by atomic mass is 10.3. The molecule has 24 heavy (non-hydrogen) atoms. The Morgan fingerprint density at radius 3 is 2.38 bits per heavy atom. The van der Waals surface area contributed by atoms with Crippen LogP contribution in [0.15, 0.2) is 51.8 Å². The monoisotopic (exact) mass is 451 g/mol. The molecule has 10 heteroatoms. The molecule has 3 N–H and O–H groups in total. The average molecular weight is 453 g/mol. The lowest BCUT2D eigenvalue weighted by Crippen LogP contribution is -2.43. The Morgan fingerprint density at radius 2 is 1.79 bits per heavy atom. The van der Waals surface area contributed by atoms with Crippen LogP contribution in [0, 0.1) is 0 Å². The molecule has 0 fully saturated rings. The molecule has 0 heterocycles. The maximum Gasteiger partial charge on any atom is 0.264 e. The molecule has 0 aromatic heterocycles. The third-order valence-corrected chi connectivity index (χ3v) is 6.16. The standard InChI is InChI=1S/C14H12BrCl2N3O3S/c15-9-4-6-10(7-5-9)24(22,23)20(8-13(21)19-18)12-3-1-2-11(16)14(12)17/h1-7H,8,18H2,(H,19,21). The van der Waals surface area contributed by atoms with E-state index in [-0.39, 0.29) is 20.6 Å². The van der Waals surface area contributed by atoms with E-state index in [1.54, 1.807) is 12.1 Å². The molecule has 6 nitrogen and oxygen atoms in total. The third kappa shape index (κ3) is 4.01. The molecule has 0 aliphatic heterocycles. The number of nitrogens with one attached hydrogen (secondary N) is 1. The van der Waals surface area contributed by atoms with Gasteiger partial charge in [0, 0.05) is 4.47 Å². The second-order valence-electron chi connectivity index (χ2n) is 4.61. The highest BCUT2D eigenvalue weighted by atomic mass is 79.9. The minimum atomic E-state index is -4.06. The van der Waals surface area contributed by atoms with Crippen LogP contribution in [-0.4, -0.2) is 20.9 Å². The summed E-state index contributed by atoms with van der Waals surface area (Å²) >= 11 is 15.3. The zero-order chi connectivity index (χ0) is 17.9. The van der Waals surface area contributed by atoms with Gasteiger partial charge in [-0.1, -0.05) is 45.2 Å². The summed E-state index contributed by atoms with van der Waals surface area (Å²) < 4.78 is 27.5. The second-order valence-corrected chi connectivity index (χ2v) is 8.17. The van der Waals surface area contributed by atoms with Gasteiger partial charge in [-0.3, -0.25) is 14.5 Å². The van der Waals surface area contributed by atoms with Gasteiger partial charge in [-0.15, -0.1) is 0 Å². The molecule has 0 atom stereocenters. The van der Waals surface area contributed by atoms with Crippen LogP contribution in [-0.2, 0) is 14.8 Å². The van der Waals surface area contributed by atoms with E-state index in [1.807, 2.05) is 5.43 Å². The Morgan fingerprint density at radius 1 is 1.17 bits per heavy atom. The predicted octanol–water partition coefficient (Wildman–Crippen LogP) is 2.94. The number of hydrogen-bond acceptors (Lipinski definition) is 4. The van der Waals surface area contributed by atoms with Gasteiger partial charge in [0.05, 0.1) is 20.6 Å². The number of benzene rings is 2. The first-order valence-corrected chi connectivity index (χ1v) is 9.48. The van der Waals surface area contributed by atoms with Gasteiger partial charge >= 0.3 is 0 Å². The second kappa shape index (κ2) is 7.71. The van der Waals surface area contributed by atoms with E-state index in [0.717, 1.165) is 4.31 Å². The highest BCUT2D eigenvalue weighted by Gasteiger charge is 2.29. The van der Waals surface area contributed by atoms with Crippen LogP contribution in [0.3, 0.4) is 0 Å². The van der Waals surface area contributed by atoms with E-state index in [9.17, 15) is 13.2 Å². The molecular formula is C14H12BrCl2N3O3S. The van der Waals surface area contributed by atoms with Crippen molar-refractivity contribution in [2.24, 2.45) is 5.84 Å². The summed E-state index contributed by atoms with van der Waals surface area (Å²) in [6.45, 7) is -0.547. The third-order valence-electron chi connectivity index (χ3n) is 3.05. The highest BCUT2D eigenvalue weighted by molar-refractivity contribution is 9.10. The number of hydrazine groups is 1. The molecule has 0 spiro atoms. The van der Waals surface area contributed by atoms with E-state index in [0.29, 0.717) is 4.47 Å². The van der Waals surface area contributed by atoms with Crippen LogP contribution in [0.25, 0.3) is 0 Å². The van der Waals surface area contributed by atoms with E-state index in [2.05, 4.69) is 15.9 Å². The molecule has 2 aromatic rings. The van der Waals surface area contributed by atoms with Crippen molar-refractivity contribution < 1.29 is 13.2 Å². The maximum atomic E-state index is 12.9. The lowest BCUT2D eigenvalue weighted by molar-refractivity contribution is -0.119. The normalized spacial score (nSPS) is 11.2. The Hall–Kier alpha value is -1.32. The first kappa shape index (κ1) is 19.0. The number of sulfonamides is 1. The Bertz CT molecular complexity index is 860. The van der Waals surface area contributed by atoms with Crippen LogP contribution in [0.1, 0.15) is 0 Å². The van der Waals surface area contributed by atoms with Crippen molar-refractivity contribution in [3.8, 4) is 0 Å². The van der Waals surface area contributed by atoms with Crippen molar-refractivity contribution in [2.75, 3.05) is 10.8 Å². The number of nitrogens with two attached hydrogens (primary N) is 1. The summed E-state index contributed by atoms with van der Waals surface area (Å²) in [4.78, 5) is 11.7. The zero-order valence-electron chi connectivity index (χ0n) is 12.0. The fraction of sp³-hybridized carbons (Fsp3) is 0.0714. The summed E-state index contributed by atoms with van der Waals surface area (Å²) in [6.07, 6.45) is 0. The largest absolute Gasteiger partial charge is 0.293 e. The van der Waals surface area contributed by atoms with E-state index >= 15 is 0 Å². The molecule has 0 aliphatic rings. The van der Waals surface area contributed by atoms with Crippen molar-refractivity contribution in [1.29, 1.82) is 0 Å². The Kier molecular flexibility index (Phi) is 6.11. The van der Waals surface area contributed by atoms with Gasteiger partial charge in [-0.25, -0.2) is 14.3 Å². The van der Waals surface area contributed by atoms with Gasteiger partial charge in [0.1, 0.15) is 6.54 Å².